The van der Waals surface area contributed by atoms with Crippen molar-refractivity contribution in [2.24, 2.45) is 0 Å². The minimum Gasteiger partial charge on any atom is -0.350 e. The fourth-order valence-corrected chi connectivity index (χ4v) is 5.01. The number of anilines is 2. The number of nitrogens with zero attached hydrogens (tertiary/aromatic N) is 1. The van der Waals surface area contributed by atoms with Gasteiger partial charge in [-0.2, -0.15) is 0 Å². The molecule has 0 saturated carbocycles. The van der Waals surface area contributed by atoms with Crippen LogP contribution in [-0.2, 0) is 16.0 Å². The number of imide groups is 1. The van der Waals surface area contributed by atoms with E-state index < -0.39 is 0 Å². The van der Waals surface area contributed by atoms with Crippen LogP contribution >= 0.6 is 23.4 Å². The second kappa shape index (κ2) is 10.5. The molecule has 0 aliphatic carbocycles. The highest BCUT2D eigenvalue weighted by Crippen LogP contribution is 2.38. The van der Waals surface area contributed by atoms with Crippen LogP contribution in [0.25, 0.3) is 0 Å². The van der Waals surface area contributed by atoms with E-state index >= 15 is 0 Å². The van der Waals surface area contributed by atoms with Gasteiger partial charge in [-0.15, -0.1) is 0 Å². The lowest BCUT2D eigenvalue weighted by molar-refractivity contribution is -0.120. The van der Waals surface area contributed by atoms with Gasteiger partial charge in [0.1, 0.15) is 10.6 Å². The number of hydrogen-bond acceptors (Lipinski definition) is 4. The molecule has 0 fully saturated rings. The summed E-state index contributed by atoms with van der Waals surface area (Å²) in [5.41, 5.74) is 4.98. The molecule has 0 radical (unpaired) electrons. The zero-order valence-electron chi connectivity index (χ0n) is 19.5. The number of carbonyl (C=O) groups is 2. The van der Waals surface area contributed by atoms with Crippen molar-refractivity contribution in [2.75, 3.05) is 10.2 Å². The molecule has 0 atom stereocenters. The van der Waals surface area contributed by atoms with E-state index in [0.717, 1.165) is 41.0 Å². The summed E-state index contributed by atoms with van der Waals surface area (Å²) in [6.07, 6.45) is 3.20. The van der Waals surface area contributed by atoms with E-state index in [1.54, 1.807) is 12.1 Å². The van der Waals surface area contributed by atoms with Crippen molar-refractivity contribution in [3.05, 3.63) is 99.0 Å². The summed E-state index contributed by atoms with van der Waals surface area (Å²) in [6, 6.07) is 20.9. The van der Waals surface area contributed by atoms with E-state index in [2.05, 4.69) is 18.3 Å². The number of nitrogens with one attached hydrogen (secondary N) is 1. The molecular formula is C28H27ClN2O2S. The highest BCUT2D eigenvalue weighted by atomic mass is 35.5. The zero-order chi connectivity index (χ0) is 24.2. The standard InChI is InChI=1S/C28H27ClN2O2S/c1-4-5-6-20-7-11-23(12-8-20)31-27(32)25(30-22-16-18(2)15-19(3)17-22)26(28(31)33)34-24-13-9-21(29)10-14-24/h7-17,30H,4-6H2,1-3H3. The molecule has 2 amide bonds. The molecule has 1 N–H and O–H groups in total. The highest BCUT2D eigenvalue weighted by molar-refractivity contribution is 8.04. The first-order valence-electron chi connectivity index (χ1n) is 11.4. The van der Waals surface area contributed by atoms with Gasteiger partial charge in [-0.1, -0.05) is 54.9 Å². The molecule has 0 aromatic heterocycles. The zero-order valence-corrected chi connectivity index (χ0v) is 21.1. The van der Waals surface area contributed by atoms with E-state index in [4.69, 9.17) is 11.6 Å². The summed E-state index contributed by atoms with van der Waals surface area (Å²) in [5.74, 6) is -0.694. The van der Waals surface area contributed by atoms with Crippen molar-refractivity contribution < 1.29 is 9.59 Å². The Morgan fingerprint density at radius 3 is 2.15 bits per heavy atom. The van der Waals surface area contributed by atoms with Gasteiger partial charge in [0.25, 0.3) is 11.8 Å². The summed E-state index contributed by atoms with van der Waals surface area (Å²) < 4.78 is 0. The Kier molecular flexibility index (Phi) is 7.44. The van der Waals surface area contributed by atoms with Crippen molar-refractivity contribution in [2.45, 2.75) is 44.9 Å². The number of hydrogen-bond donors (Lipinski definition) is 1. The van der Waals surface area contributed by atoms with E-state index in [1.807, 2.05) is 62.4 Å². The van der Waals surface area contributed by atoms with Crippen molar-refractivity contribution in [3.63, 3.8) is 0 Å². The Morgan fingerprint density at radius 2 is 1.53 bits per heavy atom. The van der Waals surface area contributed by atoms with Gasteiger partial charge in [-0.3, -0.25) is 9.59 Å². The largest absolute Gasteiger partial charge is 0.350 e. The number of aryl methyl sites for hydroxylation is 3. The molecule has 1 aliphatic heterocycles. The number of unbranched alkanes of at least 4 members (excludes halogenated alkanes) is 1. The fraction of sp³-hybridized carbons (Fsp3) is 0.214. The average Bonchev–Trinajstić information content (AvgIpc) is 3.03. The first kappa shape index (κ1) is 24.1. The van der Waals surface area contributed by atoms with Crippen LogP contribution < -0.4 is 10.2 Å². The van der Waals surface area contributed by atoms with Gasteiger partial charge in [-0.25, -0.2) is 4.90 Å². The predicted molar refractivity (Wildman–Crippen MR) is 141 cm³/mol. The number of thioether (sulfide) groups is 1. The molecule has 0 unspecified atom stereocenters. The van der Waals surface area contributed by atoms with Crippen LogP contribution in [0, 0.1) is 13.8 Å². The normalized spacial score (nSPS) is 13.7. The van der Waals surface area contributed by atoms with Crippen LogP contribution in [0.5, 0.6) is 0 Å². The molecule has 4 rings (SSSR count). The van der Waals surface area contributed by atoms with Gasteiger partial charge in [0, 0.05) is 15.6 Å². The highest BCUT2D eigenvalue weighted by Gasteiger charge is 2.40. The number of carbonyl (C=O) groups excluding carboxylic acids is 2. The van der Waals surface area contributed by atoms with Gasteiger partial charge in [-0.05, 0) is 91.9 Å². The molecule has 1 aliphatic rings. The van der Waals surface area contributed by atoms with E-state index in [1.165, 1.54) is 22.2 Å². The fourth-order valence-electron chi connectivity index (χ4n) is 3.95. The van der Waals surface area contributed by atoms with Crippen molar-refractivity contribution in [3.8, 4) is 0 Å². The van der Waals surface area contributed by atoms with Crippen LogP contribution in [0.3, 0.4) is 0 Å². The van der Waals surface area contributed by atoms with Gasteiger partial charge >= 0.3 is 0 Å². The van der Waals surface area contributed by atoms with Crippen LogP contribution in [-0.4, -0.2) is 11.8 Å². The Labute approximate surface area is 210 Å². The number of halogens is 1. The van der Waals surface area contributed by atoms with Crippen LogP contribution in [0.1, 0.15) is 36.5 Å². The van der Waals surface area contributed by atoms with Crippen molar-refractivity contribution in [1.29, 1.82) is 0 Å². The van der Waals surface area contributed by atoms with Gasteiger partial charge in [0.2, 0.25) is 0 Å². The van der Waals surface area contributed by atoms with Crippen LogP contribution in [0.2, 0.25) is 5.02 Å². The Hall–Kier alpha value is -3.02. The molecule has 3 aromatic carbocycles. The molecule has 6 heteroatoms. The lowest BCUT2D eigenvalue weighted by Crippen LogP contribution is -2.32. The molecule has 1 heterocycles. The monoisotopic (exact) mass is 490 g/mol. The molecule has 34 heavy (non-hydrogen) atoms. The Balaban J connectivity index is 1.69. The molecule has 0 spiro atoms. The lowest BCUT2D eigenvalue weighted by atomic mass is 10.1. The van der Waals surface area contributed by atoms with Gasteiger partial charge in [0.15, 0.2) is 0 Å². The lowest BCUT2D eigenvalue weighted by Gasteiger charge is -2.16. The van der Waals surface area contributed by atoms with Crippen molar-refractivity contribution in [1.82, 2.24) is 0 Å². The SMILES string of the molecule is CCCCc1ccc(N2C(=O)C(Nc3cc(C)cc(C)c3)=C(Sc3ccc(Cl)cc3)C2=O)cc1. The maximum atomic E-state index is 13.6. The minimum atomic E-state index is -0.359. The summed E-state index contributed by atoms with van der Waals surface area (Å²) in [7, 11) is 0. The second-order valence-electron chi connectivity index (χ2n) is 8.48. The van der Waals surface area contributed by atoms with E-state index in [0.29, 0.717) is 15.6 Å². The third-order valence-corrected chi connectivity index (χ3v) is 6.92. The third kappa shape index (κ3) is 5.37. The Morgan fingerprint density at radius 1 is 0.882 bits per heavy atom. The van der Waals surface area contributed by atoms with E-state index in [9.17, 15) is 9.59 Å². The predicted octanol–water partition coefficient (Wildman–Crippen LogP) is 7.29. The summed E-state index contributed by atoms with van der Waals surface area (Å²) >= 11 is 7.30. The van der Waals surface area contributed by atoms with E-state index in [-0.39, 0.29) is 17.5 Å². The summed E-state index contributed by atoms with van der Waals surface area (Å²) in [5, 5.41) is 3.86. The first-order chi connectivity index (χ1) is 16.4. The summed E-state index contributed by atoms with van der Waals surface area (Å²) in [4.78, 5) is 29.5. The second-order valence-corrected chi connectivity index (χ2v) is 10.00. The molecule has 3 aromatic rings. The molecular weight excluding hydrogens is 464 g/mol. The maximum Gasteiger partial charge on any atom is 0.283 e. The minimum absolute atomic E-state index is 0.282. The molecule has 0 saturated heterocycles. The molecule has 0 bridgehead atoms. The van der Waals surface area contributed by atoms with Crippen LogP contribution in [0.15, 0.2) is 82.2 Å². The molecule has 174 valence electrons. The third-order valence-electron chi connectivity index (χ3n) is 5.58. The smallest absolute Gasteiger partial charge is 0.283 e. The maximum absolute atomic E-state index is 13.6. The van der Waals surface area contributed by atoms with Gasteiger partial charge in [0.05, 0.1) is 5.69 Å². The number of rotatable bonds is 8. The first-order valence-corrected chi connectivity index (χ1v) is 12.6. The Bertz CT molecular complexity index is 1230. The van der Waals surface area contributed by atoms with Crippen molar-refractivity contribution >= 4 is 46.6 Å². The number of amides is 2. The quantitative estimate of drug-likeness (QED) is 0.337. The molecule has 4 nitrogen and oxygen atoms in total. The topological polar surface area (TPSA) is 49.4 Å². The average molecular weight is 491 g/mol. The van der Waals surface area contributed by atoms with Crippen LogP contribution in [0.4, 0.5) is 11.4 Å². The number of benzene rings is 3. The summed E-state index contributed by atoms with van der Waals surface area (Å²) in [6.45, 7) is 6.17. The van der Waals surface area contributed by atoms with Gasteiger partial charge < -0.3 is 5.32 Å².